The quantitative estimate of drug-likeness (QED) is 0.732. The molecule has 96 valence electrons. The lowest BCUT2D eigenvalue weighted by molar-refractivity contribution is -0.121. The van der Waals surface area contributed by atoms with E-state index >= 15 is 0 Å². The molecule has 0 saturated carbocycles. The number of anilines is 1. The molecule has 0 radical (unpaired) electrons. The van der Waals surface area contributed by atoms with E-state index in [4.69, 9.17) is 10.5 Å². The fourth-order valence-corrected chi connectivity index (χ4v) is 1.91. The van der Waals surface area contributed by atoms with Crippen LogP contribution in [-0.2, 0) is 11.2 Å². The van der Waals surface area contributed by atoms with Gasteiger partial charge in [0.25, 0.3) is 5.91 Å². The van der Waals surface area contributed by atoms with E-state index in [1.807, 2.05) is 17.4 Å². The molecule has 0 aliphatic carbocycles. The van der Waals surface area contributed by atoms with Crippen LogP contribution in [-0.4, -0.2) is 25.1 Å². The number of ether oxygens (including phenoxy) is 1. The number of amides is 3. The van der Waals surface area contributed by atoms with Gasteiger partial charge in [0, 0.05) is 6.54 Å². The van der Waals surface area contributed by atoms with Gasteiger partial charge in [-0.2, -0.15) is 0 Å². The molecule has 1 aliphatic rings. The topological polar surface area (TPSA) is 93.5 Å². The predicted molar refractivity (Wildman–Crippen MR) is 66.5 cm³/mol. The van der Waals surface area contributed by atoms with E-state index < -0.39 is 11.9 Å². The molecule has 1 heterocycles. The molecule has 0 aromatic heterocycles. The summed E-state index contributed by atoms with van der Waals surface area (Å²) in [6.07, 6.45) is 2.08. The molecule has 0 spiro atoms. The Labute approximate surface area is 104 Å². The van der Waals surface area contributed by atoms with Crippen LogP contribution < -0.4 is 21.1 Å². The Balaban J connectivity index is 2.01. The van der Waals surface area contributed by atoms with Gasteiger partial charge in [0.15, 0.2) is 6.61 Å². The number of rotatable bonds is 3. The molecule has 1 aliphatic heterocycles. The van der Waals surface area contributed by atoms with Crippen molar-refractivity contribution in [2.45, 2.75) is 12.8 Å². The van der Waals surface area contributed by atoms with E-state index in [9.17, 15) is 9.59 Å². The van der Waals surface area contributed by atoms with Gasteiger partial charge in [0.1, 0.15) is 5.75 Å². The number of nitrogens with one attached hydrogen (secondary N) is 2. The van der Waals surface area contributed by atoms with Gasteiger partial charge in [0.05, 0.1) is 5.69 Å². The summed E-state index contributed by atoms with van der Waals surface area (Å²) < 4.78 is 5.38. The first-order chi connectivity index (χ1) is 8.66. The number of fused-ring (bicyclic) bond motifs is 1. The van der Waals surface area contributed by atoms with Crippen LogP contribution in [0.15, 0.2) is 18.2 Å². The first-order valence-corrected chi connectivity index (χ1v) is 5.74. The maximum atomic E-state index is 11.2. The van der Waals surface area contributed by atoms with E-state index in [2.05, 4.69) is 5.32 Å². The number of aryl methyl sites for hydroxylation is 1. The molecule has 6 nitrogen and oxygen atoms in total. The molecule has 1 aromatic rings. The van der Waals surface area contributed by atoms with Gasteiger partial charge >= 0.3 is 6.03 Å². The number of hydrogen-bond acceptors (Lipinski definition) is 4. The highest BCUT2D eigenvalue weighted by atomic mass is 16.5. The zero-order valence-electron chi connectivity index (χ0n) is 9.86. The fraction of sp³-hybridized carbons (Fsp3) is 0.333. The molecule has 0 saturated heterocycles. The molecule has 0 fully saturated rings. The van der Waals surface area contributed by atoms with Gasteiger partial charge in [-0.15, -0.1) is 0 Å². The van der Waals surface area contributed by atoms with Crippen LogP contribution in [0.4, 0.5) is 10.5 Å². The summed E-state index contributed by atoms with van der Waals surface area (Å²) in [5, 5.41) is 5.19. The second-order valence-corrected chi connectivity index (χ2v) is 4.02. The average molecular weight is 249 g/mol. The SMILES string of the molecule is NC(=O)NC(=O)COc1cccc2c1NCCC2. The smallest absolute Gasteiger partial charge is 0.318 e. The van der Waals surface area contributed by atoms with Crippen LogP contribution in [0.3, 0.4) is 0 Å². The highest BCUT2D eigenvalue weighted by molar-refractivity contribution is 5.94. The van der Waals surface area contributed by atoms with Crippen molar-refractivity contribution in [3.63, 3.8) is 0 Å². The average Bonchev–Trinajstić information content (AvgIpc) is 2.35. The third kappa shape index (κ3) is 2.91. The molecule has 0 unspecified atom stereocenters. The lowest BCUT2D eigenvalue weighted by Gasteiger charge is -2.20. The number of nitrogens with two attached hydrogens (primary N) is 1. The van der Waals surface area contributed by atoms with Crippen molar-refractivity contribution < 1.29 is 14.3 Å². The third-order valence-electron chi connectivity index (χ3n) is 2.66. The summed E-state index contributed by atoms with van der Waals surface area (Å²) in [7, 11) is 0. The molecule has 2 rings (SSSR count). The van der Waals surface area contributed by atoms with Gasteiger partial charge in [0.2, 0.25) is 0 Å². The summed E-state index contributed by atoms with van der Waals surface area (Å²) in [5.74, 6) is 0.0581. The van der Waals surface area contributed by atoms with Gasteiger partial charge in [-0.1, -0.05) is 12.1 Å². The molecule has 3 amide bonds. The van der Waals surface area contributed by atoms with E-state index in [0.717, 1.165) is 25.1 Å². The first-order valence-electron chi connectivity index (χ1n) is 5.74. The van der Waals surface area contributed by atoms with Gasteiger partial charge in [-0.25, -0.2) is 4.79 Å². The number of carbonyl (C=O) groups is 2. The third-order valence-corrected chi connectivity index (χ3v) is 2.66. The minimum atomic E-state index is -0.878. The Hall–Kier alpha value is -2.24. The van der Waals surface area contributed by atoms with Gasteiger partial charge in [-0.05, 0) is 24.5 Å². The largest absolute Gasteiger partial charge is 0.482 e. The molecule has 0 bridgehead atoms. The standard InChI is InChI=1S/C12H15N3O3/c13-12(17)15-10(16)7-18-9-5-1-3-8-4-2-6-14-11(8)9/h1,3,5,14H,2,4,6-7H2,(H3,13,15,16,17). The Kier molecular flexibility index (Phi) is 3.66. The number of benzene rings is 1. The van der Waals surface area contributed by atoms with Crippen molar-refractivity contribution in [3.05, 3.63) is 23.8 Å². The van der Waals surface area contributed by atoms with E-state index in [1.165, 1.54) is 5.56 Å². The minimum Gasteiger partial charge on any atom is -0.482 e. The predicted octanol–water partition coefficient (Wildman–Crippen LogP) is 0.618. The molecular weight excluding hydrogens is 234 g/mol. The van der Waals surface area contributed by atoms with Crippen LogP contribution >= 0.6 is 0 Å². The molecule has 18 heavy (non-hydrogen) atoms. The fourth-order valence-electron chi connectivity index (χ4n) is 1.91. The Morgan fingerprint density at radius 2 is 2.28 bits per heavy atom. The summed E-state index contributed by atoms with van der Waals surface area (Å²) in [6, 6.07) is 4.82. The molecule has 0 atom stereocenters. The molecular formula is C12H15N3O3. The molecule has 4 N–H and O–H groups in total. The van der Waals surface area contributed by atoms with Crippen molar-refractivity contribution in [1.82, 2.24) is 5.32 Å². The second kappa shape index (κ2) is 5.39. The lowest BCUT2D eigenvalue weighted by atomic mass is 10.0. The van der Waals surface area contributed by atoms with E-state index in [0.29, 0.717) is 5.75 Å². The van der Waals surface area contributed by atoms with Crippen molar-refractivity contribution in [3.8, 4) is 5.75 Å². The number of para-hydroxylation sites is 1. The number of imide groups is 1. The summed E-state index contributed by atoms with van der Waals surface area (Å²) in [6.45, 7) is 0.655. The number of carbonyl (C=O) groups excluding carboxylic acids is 2. The van der Waals surface area contributed by atoms with Gasteiger partial charge in [-0.3, -0.25) is 10.1 Å². The summed E-state index contributed by atoms with van der Waals surface area (Å²) in [4.78, 5) is 21.7. The maximum Gasteiger partial charge on any atom is 0.318 e. The monoisotopic (exact) mass is 249 g/mol. The maximum absolute atomic E-state index is 11.2. The van der Waals surface area contributed by atoms with Crippen molar-refractivity contribution in [2.24, 2.45) is 5.73 Å². The van der Waals surface area contributed by atoms with Crippen LogP contribution in [0.25, 0.3) is 0 Å². The number of primary amides is 1. The zero-order chi connectivity index (χ0) is 13.0. The lowest BCUT2D eigenvalue weighted by Crippen LogP contribution is -2.38. The summed E-state index contributed by atoms with van der Waals surface area (Å²) in [5.41, 5.74) is 6.94. The van der Waals surface area contributed by atoms with Crippen LogP contribution in [0.1, 0.15) is 12.0 Å². The highest BCUT2D eigenvalue weighted by Gasteiger charge is 2.14. The summed E-state index contributed by atoms with van der Waals surface area (Å²) >= 11 is 0. The Morgan fingerprint density at radius 3 is 3.06 bits per heavy atom. The van der Waals surface area contributed by atoms with Crippen LogP contribution in [0, 0.1) is 0 Å². The Bertz CT molecular complexity index is 474. The van der Waals surface area contributed by atoms with E-state index in [1.54, 1.807) is 6.07 Å². The molecule has 1 aromatic carbocycles. The second-order valence-electron chi connectivity index (χ2n) is 4.02. The minimum absolute atomic E-state index is 0.235. The van der Waals surface area contributed by atoms with Crippen LogP contribution in [0.2, 0.25) is 0 Å². The number of hydrogen-bond donors (Lipinski definition) is 3. The highest BCUT2D eigenvalue weighted by Crippen LogP contribution is 2.31. The van der Waals surface area contributed by atoms with E-state index in [-0.39, 0.29) is 6.61 Å². The molecule has 6 heteroatoms. The number of urea groups is 1. The zero-order valence-corrected chi connectivity index (χ0v) is 9.86. The first kappa shape index (κ1) is 12.2. The van der Waals surface area contributed by atoms with Crippen molar-refractivity contribution >= 4 is 17.6 Å². The van der Waals surface area contributed by atoms with Gasteiger partial charge < -0.3 is 15.8 Å². The van der Waals surface area contributed by atoms with Crippen molar-refractivity contribution in [2.75, 3.05) is 18.5 Å². The Morgan fingerprint density at radius 1 is 1.44 bits per heavy atom. The van der Waals surface area contributed by atoms with Crippen molar-refractivity contribution in [1.29, 1.82) is 0 Å². The normalized spacial score (nSPS) is 13.1. The van der Waals surface area contributed by atoms with Crippen LogP contribution in [0.5, 0.6) is 5.75 Å².